The van der Waals surface area contributed by atoms with Crippen molar-refractivity contribution in [3.8, 4) is 0 Å². The monoisotopic (exact) mass is 347 g/mol. The Morgan fingerprint density at radius 1 is 1.16 bits per heavy atom. The zero-order chi connectivity index (χ0) is 18.0. The summed E-state index contributed by atoms with van der Waals surface area (Å²) in [6.07, 6.45) is 0.238. The number of hydrogen-bond acceptors (Lipinski definition) is 5. The zero-order valence-electron chi connectivity index (χ0n) is 14.3. The van der Waals surface area contributed by atoms with Gasteiger partial charge in [-0.2, -0.15) is 0 Å². The first-order chi connectivity index (χ1) is 12.0. The van der Waals surface area contributed by atoms with Gasteiger partial charge >= 0.3 is 5.69 Å². The summed E-state index contributed by atoms with van der Waals surface area (Å²) in [6.45, 7) is 2.22. The van der Waals surface area contributed by atoms with Crippen LogP contribution in [0.2, 0.25) is 0 Å². The lowest BCUT2D eigenvalue weighted by molar-refractivity contribution is -0.136. The SMILES string of the molecule is Cn1c(=O)n(C)c2nc(NC(=O)CCC(=O)N3CCOCC3)ccc21. The first-order valence-electron chi connectivity index (χ1n) is 8.15. The van der Waals surface area contributed by atoms with Crippen LogP contribution in [-0.4, -0.2) is 57.1 Å². The molecular weight excluding hydrogens is 326 g/mol. The maximum Gasteiger partial charge on any atom is 0.329 e. The van der Waals surface area contributed by atoms with E-state index < -0.39 is 0 Å². The molecule has 134 valence electrons. The van der Waals surface area contributed by atoms with Gasteiger partial charge in [0.05, 0.1) is 18.7 Å². The normalized spacial score (nSPS) is 14.7. The van der Waals surface area contributed by atoms with Gasteiger partial charge in [-0.05, 0) is 12.1 Å². The molecule has 1 saturated heterocycles. The Morgan fingerprint density at radius 3 is 2.60 bits per heavy atom. The summed E-state index contributed by atoms with van der Waals surface area (Å²) < 4.78 is 8.12. The third-order valence-corrected chi connectivity index (χ3v) is 4.30. The fraction of sp³-hybridized carbons (Fsp3) is 0.500. The van der Waals surface area contributed by atoms with Crippen molar-refractivity contribution in [1.82, 2.24) is 19.0 Å². The number of hydrogen-bond donors (Lipinski definition) is 1. The van der Waals surface area contributed by atoms with E-state index in [1.54, 1.807) is 31.1 Å². The topological polar surface area (TPSA) is 98.5 Å². The number of carbonyl (C=O) groups is 2. The second-order valence-corrected chi connectivity index (χ2v) is 5.98. The Bertz CT molecular complexity index is 863. The van der Waals surface area contributed by atoms with Crippen LogP contribution in [0.15, 0.2) is 16.9 Å². The van der Waals surface area contributed by atoms with Crippen molar-refractivity contribution in [2.75, 3.05) is 31.6 Å². The molecule has 0 atom stereocenters. The van der Waals surface area contributed by atoms with E-state index in [0.29, 0.717) is 43.3 Å². The summed E-state index contributed by atoms with van der Waals surface area (Å²) in [5, 5.41) is 2.68. The molecule has 0 spiro atoms. The van der Waals surface area contributed by atoms with Gasteiger partial charge in [0, 0.05) is 40.0 Å². The number of morpholine rings is 1. The molecule has 3 rings (SSSR count). The molecule has 0 saturated carbocycles. The molecule has 1 aliphatic rings. The standard InChI is InChI=1S/C16H21N5O4/c1-19-11-3-4-12(18-15(11)20(2)16(19)24)17-13(22)5-6-14(23)21-7-9-25-10-8-21/h3-4H,5-10H2,1-2H3,(H,17,18,22). The van der Waals surface area contributed by atoms with Gasteiger partial charge in [-0.25, -0.2) is 9.78 Å². The van der Waals surface area contributed by atoms with E-state index in [9.17, 15) is 14.4 Å². The van der Waals surface area contributed by atoms with Crippen molar-refractivity contribution in [3.05, 3.63) is 22.6 Å². The van der Waals surface area contributed by atoms with Crippen LogP contribution in [0.25, 0.3) is 11.2 Å². The van der Waals surface area contributed by atoms with E-state index in [4.69, 9.17) is 4.74 Å². The number of rotatable bonds is 4. The highest BCUT2D eigenvalue weighted by Crippen LogP contribution is 2.13. The number of fused-ring (bicyclic) bond motifs is 1. The summed E-state index contributed by atoms with van der Waals surface area (Å²) in [5.41, 5.74) is 1.00. The quantitative estimate of drug-likeness (QED) is 0.829. The lowest BCUT2D eigenvalue weighted by Gasteiger charge is -2.26. The minimum atomic E-state index is -0.283. The van der Waals surface area contributed by atoms with Crippen molar-refractivity contribution in [1.29, 1.82) is 0 Å². The van der Waals surface area contributed by atoms with Crippen molar-refractivity contribution in [2.45, 2.75) is 12.8 Å². The van der Waals surface area contributed by atoms with Crippen molar-refractivity contribution in [3.63, 3.8) is 0 Å². The molecule has 2 aromatic rings. The summed E-state index contributed by atoms with van der Waals surface area (Å²) in [7, 11) is 3.30. The Balaban J connectivity index is 1.61. The minimum Gasteiger partial charge on any atom is -0.378 e. The molecule has 9 heteroatoms. The molecule has 1 fully saturated rings. The fourth-order valence-electron chi connectivity index (χ4n) is 2.83. The largest absolute Gasteiger partial charge is 0.378 e. The summed E-state index contributed by atoms with van der Waals surface area (Å²) in [5.74, 6) is 0.0271. The molecule has 3 heterocycles. The van der Waals surface area contributed by atoms with Gasteiger partial charge in [0.1, 0.15) is 5.82 Å². The fourth-order valence-corrected chi connectivity index (χ4v) is 2.83. The van der Waals surface area contributed by atoms with Crippen molar-refractivity contribution in [2.24, 2.45) is 14.1 Å². The molecule has 2 aromatic heterocycles. The van der Waals surface area contributed by atoms with Crippen LogP contribution in [0.4, 0.5) is 5.82 Å². The summed E-state index contributed by atoms with van der Waals surface area (Å²) in [6, 6.07) is 3.38. The number of anilines is 1. The number of amides is 2. The summed E-state index contributed by atoms with van der Waals surface area (Å²) >= 11 is 0. The zero-order valence-corrected chi connectivity index (χ0v) is 14.3. The molecule has 25 heavy (non-hydrogen) atoms. The number of aryl methyl sites for hydroxylation is 2. The third kappa shape index (κ3) is 3.55. The predicted octanol–water partition coefficient (Wildman–Crippen LogP) is -0.150. The van der Waals surface area contributed by atoms with Crippen LogP contribution in [-0.2, 0) is 28.4 Å². The van der Waals surface area contributed by atoms with E-state index in [-0.39, 0.29) is 30.3 Å². The van der Waals surface area contributed by atoms with Crippen LogP contribution in [0.3, 0.4) is 0 Å². The number of pyridine rings is 1. The minimum absolute atomic E-state index is 0.0488. The number of aromatic nitrogens is 3. The van der Waals surface area contributed by atoms with E-state index >= 15 is 0 Å². The van der Waals surface area contributed by atoms with E-state index in [1.807, 2.05) is 0 Å². The number of nitrogens with zero attached hydrogens (tertiary/aromatic N) is 4. The van der Waals surface area contributed by atoms with E-state index in [2.05, 4.69) is 10.3 Å². The molecule has 0 unspecified atom stereocenters. The second kappa shape index (κ2) is 7.06. The van der Waals surface area contributed by atoms with Gasteiger partial charge in [-0.1, -0.05) is 0 Å². The third-order valence-electron chi connectivity index (χ3n) is 4.30. The highest BCUT2D eigenvalue weighted by molar-refractivity contribution is 5.93. The van der Waals surface area contributed by atoms with Crippen molar-refractivity contribution < 1.29 is 14.3 Å². The first-order valence-corrected chi connectivity index (χ1v) is 8.15. The van der Waals surface area contributed by atoms with Gasteiger partial charge in [0.15, 0.2) is 5.65 Å². The molecule has 1 aliphatic heterocycles. The summed E-state index contributed by atoms with van der Waals surface area (Å²) in [4.78, 5) is 42.0. The van der Waals surface area contributed by atoms with Crippen LogP contribution >= 0.6 is 0 Å². The molecular formula is C16H21N5O4. The highest BCUT2D eigenvalue weighted by Gasteiger charge is 2.18. The average Bonchev–Trinajstić information content (AvgIpc) is 2.84. The Hall–Kier alpha value is -2.68. The lowest BCUT2D eigenvalue weighted by atomic mass is 10.2. The maximum absolute atomic E-state index is 12.1. The molecule has 0 radical (unpaired) electrons. The second-order valence-electron chi connectivity index (χ2n) is 5.98. The molecule has 1 N–H and O–H groups in total. The number of carbonyl (C=O) groups excluding carboxylic acids is 2. The molecule has 0 bridgehead atoms. The van der Waals surface area contributed by atoms with Gasteiger partial charge in [-0.15, -0.1) is 0 Å². The Labute approximate surface area is 144 Å². The van der Waals surface area contributed by atoms with Crippen LogP contribution in [0, 0.1) is 0 Å². The highest BCUT2D eigenvalue weighted by atomic mass is 16.5. The molecule has 2 amide bonds. The Kier molecular flexibility index (Phi) is 4.84. The van der Waals surface area contributed by atoms with Crippen LogP contribution < -0.4 is 11.0 Å². The maximum atomic E-state index is 12.1. The van der Waals surface area contributed by atoms with E-state index in [1.165, 1.54) is 9.13 Å². The predicted molar refractivity (Wildman–Crippen MR) is 91.2 cm³/mol. The molecule has 0 aliphatic carbocycles. The van der Waals surface area contributed by atoms with Gasteiger partial charge < -0.3 is 15.0 Å². The van der Waals surface area contributed by atoms with Gasteiger partial charge in [0.2, 0.25) is 11.8 Å². The molecule has 9 nitrogen and oxygen atoms in total. The number of ether oxygens (including phenoxy) is 1. The van der Waals surface area contributed by atoms with Gasteiger partial charge in [0.25, 0.3) is 0 Å². The van der Waals surface area contributed by atoms with Crippen LogP contribution in [0.5, 0.6) is 0 Å². The molecule has 0 aromatic carbocycles. The first kappa shape index (κ1) is 17.2. The Morgan fingerprint density at radius 2 is 1.88 bits per heavy atom. The smallest absolute Gasteiger partial charge is 0.329 e. The lowest BCUT2D eigenvalue weighted by Crippen LogP contribution is -2.40. The van der Waals surface area contributed by atoms with Gasteiger partial charge in [-0.3, -0.25) is 18.7 Å². The number of nitrogens with one attached hydrogen (secondary N) is 1. The van der Waals surface area contributed by atoms with E-state index in [0.717, 1.165) is 0 Å². The number of imidazole rings is 1. The van der Waals surface area contributed by atoms with Crippen molar-refractivity contribution >= 4 is 28.8 Å². The average molecular weight is 347 g/mol. The van der Waals surface area contributed by atoms with Crippen LogP contribution in [0.1, 0.15) is 12.8 Å².